The topological polar surface area (TPSA) is 43.8 Å². The molecule has 0 aliphatic heterocycles. The zero-order valence-corrected chi connectivity index (χ0v) is 11.0. The number of aryl methyl sites for hydroxylation is 2. The first-order chi connectivity index (χ1) is 8.00. The molecule has 88 valence electrons. The molecule has 0 unspecified atom stereocenters. The Bertz CT molecular complexity index is 584. The third kappa shape index (κ3) is 2.08. The van der Waals surface area contributed by atoms with Crippen molar-refractivity contribution in [3.05, 3.63) is 46.8 Å². The van der Waals surface area contributed by atoms with Crippen LogP contribution in [0.3, 0.4) is 0 Å². The van der Waals surface area contributed by atoms with Crippen LogP contribution in [0.25, 0.3) is 5.69 Å². The van der Waals surface area contributed by atoms with Crippen molar-refractivity contribution in [3.8, 4) is 5.69 Å². The molecule has 1 aromatic carbocycles. The van der Waals surface area contributed by atoms with Gasteiger partial charge in [0.1, 0.15) is 4.99 Å². The summed E-state index contributed by atoms with van der Waals surface area (Å²) in [5.74, 6) is 0. The lowest BCUT2D eigenvalue weighted by molar-refractivity contribution is 0.845. The normalized spacial score (nSPS) is 10.5. The van der Waals surface area contributed by atoms with Gasteiger partial charge in [-0.2, -0.15) is 5.10 Å². The highest BCUT2D eigenvalue weighted by Gasteiger charge is 2.10. The Hall–Kier alpha value is -1.68. The van der Waals surface area contributed by atoms with E-state index >= 15 is 0 Å². The van der Waals surface area contributed by atoms with Crippen LogP contribution < -0.4 is 5.73 Å². The molecule has 1 aromatic heterocycles. The Kier molecular flexibility index (Phi) is 2.98. The first-order valence-electron chi connectivity index (χ1n) is 5.42. The highest BCUT2D eigenvalue weighted by Crippen LogP contribution is 2.17. The van der Waals surface area contributed by atoms with Gasteiger partial charge in [-0.1, -0.05) is 18.3 Å². The summed E-state index contributed by atoms with van der Waals surface area (Å²) in [6.07, 6.45) is 1.72. The summed E-state index contributed by atoms with van der Waals surface area (Å²) in [6.45, 7) is 6.15. The van der Waals surface area contributed by atoms with Gasteiger partial charge in [0.05, 0.1) is 23.1 Å². The van der Waals surface area contributed by atoms with Crippen LogP contribution in [0.2, 0.25) is 0 Å². The lowest BCUT2D eigenvalue weighted by Crippen LogP contribution is -2.10. The molecule has 2 aromatic rings. The molecule has 17 heavy (non-hydrogen) atoms. The second-order valence-corrected chi connectivity index (χ2v) is 4.63. The van der Waals surface area contributed by atoms with Gasteiger partial charge in [-0.15, -0.1) is 0 Å². The molecule has 2 rings (SSSR count). The zero-order valence-electron chi connectivity index (χ0n) is 10.2. The molecular formula is C13H15N3S. The molecule has 0 aliphatic carbocycles. The van der Waals surface area contributed by atoms with Crippen LogP contribution in [0.5, 0.6) is 0 Å². The van der Waals surface area contributed by atoms with Gasteiger partial charge in [-0.05, 0) is 44.0 Å². The average Bonchev–Trinajstić information content (AvgIpc) is 2.64. The molecule has 4 heteroatoms. The first-order valence-corrected chi connectivity index (χ1v) is 5.83. The van der Waals surface area contributed by atoms with Gasteiger partial charge in [-0.3, -0.25) is 0 Å². The van der Waals surface area contributed by atoms with Crippen LogP contribution in [-0.4, -0.2) is 14.8 Å². The van der Waals surface area contributed by atoms with Crippen LogP contribution in [0.4, 0.5) is 0 Å². The van der Waals surface area contributed by atoms with Crippen molar-refractivity contribution in [2.24, 2.45) is 5.73 Å². The lowest BCUT2D eigenvalue weighted by atomic mass is 10.1. The van der Waals surface area contributed by atoms with Crippen molar-refractivity contribution in [2.75, 3.05) is 0 Å². The molecule has 0 bridgehead atoms. The number of benzene rings is 1. The number of rotatable bonds is 2. The van der Waals surface area contributed by atoms with Gasteiger partial charge in [0, 0.05) is 0 Å². The molecule has 0 atom stereocenters. The summed E-state index contributed by atoms with van der Waals surface area (Å²) < 4.78 is 1.86. The number of nitrogens with zero attached hydrogens (tertiary/aromatic N) is 2. The maximum Gasteiger partial charge on any atom is 0.107 e. The van der Waals surface area contributed by atoms with E-state index < -0.39 is 0 Å². The minimum absolute atomic E-state index is 0.387. The first kappa shape index (κ1) is 11.8. The van der Waals surface area contributed by atoms with Crippen molar-refractivity contribution >= 4 is 17.2 Å². The lowest BCUT2D eigenvalue weighted by Gasteiger charge is -2.07. The molecule has 1 heterocycles. The summed E-state index contributed by atoms with van der Waals surface area (Å²) in [6, 6.07) is 6.25. The standard InChI is InChI=1S/C13H15N3S/c1-8-4-5-11(6-9(8)2)16-10(3)12(7-15-16)13(14)17/h4-7H,1-3H3,(H2,14,17). The van der Waals surface area contributed by atoms with Crippen LogP contribution in [0.15, 0.2) is 24.4 Å². The van der Waals surface area contributed by atoms with E-state index in [1.165, 1.54) is 11.1 Å². The van der Waals surface area contributed by atoms with Gasteiger partial charge >= 0.3 is 0 Å². The summed E-state index contributed by atoms with van der Waals surface area (Å²) in [5, 5.41) is 4.33. The Morgan fingerprint density at radius 3 is 2.47 bits per heavy atom. The smallest absolute Gasteiger partial charge is 0.107 e. The quantitative estimate of drug-likeness (QED) is 0.826. The Morgan fingerprint density at radius 1 is 1.24 bits per heavy atom. The fourth-order valence-electron chi connectivity index (χ4n) is 1.77. The van der Waals surface area contributed by atoms with E-state index in [2.05, 4.69) is 31.1 Å². The fraction of sp³-hybridized carbons (Fsp3) is 0.231. The highest BCUT2D eigenvalue weighted by molar-refractivity contribution is 7.80. The van der Waals surface area contributed by atoms with Gasteiger partial charge < -0.3 is 5.73 Å². The molecule has 0 aliphatic rings. The summed E-state index contributed by atoms with van der Waals surface area (Å²) >= 11 is 4.98. The van der Waals surface area contributed by atoms with Gasteiger partial charge in [0.2, 0.25) is 0 Å². The third-order valence-electron chi connectivity index (χ3n) is 3.01. The molecule has 0 fully saturated rings. The van der Waals surface area contributed by atoms with E-state index in [1.54, 1.807) is 6.20 Å². The van der Waals surface area contributed by atoms with E-state index in [0.29, 0.717) is 4.99 Å². The van der Waals surface area contributed by atoms with Gasteiger partial charge in [-0.25, -0.2) is 4.68 Å². The number of hydrogen-bond acceptors (Lipinski definition) is 2. The van der Waals surface area contributed by atoms with Crippen LogP contribution in [0.1, 0.15) is 22.4 Å². The van der Waals surface area contributed by atoms with Crippen molar-refractivity contribution in [2.45, 2.75) is 20.8 Å². The molecule has 3 nitrogen and oxygen atoms in total. The second kappa shape index (κ2) is 4.30. The molecule has 0 saturated carbocycles. The third-order valence-corrected chi connectivity index (χ3v) is 3.23. The van der Waals surface area contributed by atoms with Crippen molar-refractivity contribution in [1.82, 2.24) is 9.78 Å². The largest absolute Gasteiger partial charge is 0.389 e. The minimum Gasteiger partial charge on any atom is -0.389 e. The number of hydrogen-bond donors (Lipinski definition) is 1. The summed E-state index contributed by atoms with van der Waals surface area (Å²) in [5.41, 5.74) is 11.0. The van der Waals surface area contributed by atoms with E-state index in [0.717, 1.165) is 16.9 Å². The Morgan fingerprint density at radius 2 is 1.94 bits per heavy atom. The van der Waals surface area contributed by atoms with E-state index in [-0.39, 0.29) is 0 Å². The van der Waals surface area contributed by atoms with Crippen molar-refractivity contribution in [3.63, 3.8) is 0 Å². The summed E-state index contributed by atoms with van der Waals surface area (Å²) in [4.78, 5) is 0.387. The Labute approximate surface area is 106 Å². The Balaban J connectivity index is 2.53. The average molecular weight is 245 g/mol. The monoisotopic (exact) mass is 245 g/mol. The molecule has 0 radical (unpaired) electrons. The molecule has 0 amide bonds. The van der Waals surface area contributed by atoms with E-state index in [9.17, 15) is 0 Å². The zero-order chi connectivity index (χ0) is 12.6. The van der Waals surface area contributed by atoms with Crippen molar-refractivity contribution < 1.29 is 0 Å². The highest BCUT2D eigenvalue weighted by atomic mass is 32.1. The predicted octanol–water partition coefficient (Wildman–Crippen LogP) is 2.43. The molecule has 0 saturated heterocycles. The maximum atomic E-state index is 5.64. The van der Waals surface area contributed by atoms with E-state index in [1.807, 2.05) is 17.7 Å². The fourth-order valence-corrected chi connectivity index (χ4v) is 1.97. The van der Waals surface area contributed by atoms with E-state index in [4.69, 9.17) is 18.0 Å². The second-order valence-electron chi connectivity index (χ2n) is 4.19. The van der Waals surface area contributed by atoms with Crippen LogP contribution >= 0.6 is 12.2 Å². The minimum atomic E-state index is 0.387. The van der Waals surface area contributed by atoms with Crippen LogP contribution in [-0.2, 0) is 0 Å². The molecule has 2 N–H and O–H groups in total. The maximum absolute atomic E-state index is 5.64. The number of aromatic nitrogens is 2. The SMILES string of the molecule is Cc1ccc(-n2ncc(C(N)=S)c2C)cc1C. The number of thiocarbonyl (C=S) groups is 1. The number of nitrogens with two attached hydrogens (primary N) is 1. The molecule has 0 spiro atoms. The van der Waals surface area contributed by atoms with Crippen LogP contribution in [0, 0.1) is 20.8 Å². The van der Waals surface area contributed by atoms with Crippen molar-refractivity contribution in [1.29, 1.82) is 0 Å². The van der Waals surface area contributed by atoms with Gasteiger partial charge in [0.15, 0.2) is 0 Å². The molecular weight excluding hydrogens is 230 g/mol. The summed E-state index contributed by atoms with van der Waals surface area (Å²) in [7, 11) is 0. The predicted molar refractivity (Wildman–Crippen MR) is 73.7 cm³/mol. The van der Waals surface area contributed by atoms with Gasteiger partial charge in [0.25, 0.3) is 0 Å².